The van der Waals surface area contributed by atoms with Crippen LogP contribution in [-0.4, -0.2) is 5.97 Å². The van der Waals surface area contributed by atoms with Crippen molar-refractivity contribution >= 4 is 11.7 Å². The number of carbonyl (C=O) groups is 1. The first-order valence-electron chi connectivity index (χ1n) is 6.61. The van der Waals surface area contributed by atoms with Crippen LogP contribution in [0.5, 0.6) is 0 Å². The summed E-state index contributed by atoms with van der Waals surface area (Å²) < 4.78 is 5.35. The Bertz CT molecular complexity index is 600. The number of aryl methyl sites for hydroxylation is 2. The molecule has 0 atom stereocenters. The van der Waals surface area contributed by atoms with E-state index in [1.165, 1.54) is 0 Å². The molecule has 0 unspecified atom stereocenters. The molecule has 0 aliphatic heterocycles. The molecule has 0 saturated heterocycles. The molecular weight excluding hydrogens is 250 g/mol. The van der Waals surface area contributed by atoms with E-state index >= 15 is 0 Å². The third-order valence-electron chi connectivity index (χ3n) is 3.32. The molecule has 3 heteroatoms. The fourth-order valence-corrected chi connectivity index (χ4v) is 2.15. The van der Waals surface area contributed by atoms with Crippen molar-refractivity contribution in [3.63, 3.8) is 0 Å². The number of nitrogens with two attached hydrogens (primary N) is 1. The van der Waals surface area contributed by atoms with Crippen molar-refractivity contribution in [1.29, 1.82) is 0 Å². The molecular formula is C17H19NO2. The van der Waals surface area contributed by atoms with Crippen molar-refractivity contribution < 1.29 is 9.53 Å². The number of carbonyl (C=O) groups excluding carboxylic acids is 1. The Morgan fingerprint density at radius 1 is 1.10 bits per heavy atom. The summed E-state index contributed by atoms with van der Waals surface area (Å²) in [4.78, 5) is 11.9. The van der Waals surface area contributed by atoms with Gasteiger partial charge in [-0.05, 0) is 48.2 Å². The number of esters is 1. The first kappa shape index (κ1) is 14.1. The molecule has 20 heavy (non-hydrogen) atoms. The minimum absolute atomic E-state index is 0.238. The number of rotatable bonds is 4. The van der Waals surface area contributed by atoms with Crippen LogP contribution in [0.1, 0.15) is 22.3 Å². The van der Waals surface area contributed by atoms with Gasteiger partial charge in [0.25, 0.3) is 0 Å². The standard InChI is InChI=1S/C17H19NO2/c1-12-5-3-6-13(2)16(12)11-20-17(19)10-14-7-4-8-15(18)9-14/h3-9H,10-11,18H2,1-2H3. The summed E-state index contributed by atoms with van der Waals surface area (Å²) in [5.74, 6) is -0.238. The molecule has 0 bridgehead atoms. The molecule has 0 aliphatic rings. The number of hydrogen-bond donors (Lipinski definition) is 1. The van der Waals surface area contributed by atoms with Crippen molar-refractivity contribution in [3.8, 4) is 0 Å². The third-order valence-corrected chi connectivity index (χ3v) is 3.32. The average Bonchev–Trinajstić information content (AvgIpc) is 2.38. The Labute approximate surface area is 119 Å². The maximum Gasteiger partial charge on any atom is 0.310 e. The predicted octanol–water partition coefficient (Wildman–Crippen LogP) is 3.17. The highest BCUT2D eigenvalue weighted by Crippen LogP contribution is 2.15. The van der Waals surface area contributed by atoms with Crippen LogP contribution >= 0.6 is 0 Å². The van der Waals surface area contributed by atoms with Crippen LogP contribution < -0.4 is 5.73 Å². The van der Waals surface area contributed by atoms with Crippen LogP contribution in [0, 0.1) is 13.8 Å². The number of benzene rings is 2. The van der Waals surface area contributed by atoms with Gasteiger partial charge in [-0.1, -0.05) is 30.3 Å². The van der Waals surface area contributed by atoms with E-state index in [9.17, 15) is 4.79 Å². The van der Waals surface area contributed by atoms with E-state index in [1.54, 1.807) is 12.1 Å². The van der Waals surface area contributed by atoms with Crippen molar-refractivity contribution in [2.24, 2.45) is 0 Å². The first-order chi connectivity index (χ1) is 9.56. The van der Waals surface area contributed by atoms with E-state index in [2.05, 4.69) is 0 Å². The molecule has 2 aromatic carbocycles. The Morgan fingerprint density at radius 2 is 1.75 bits per heavy atom. The lowest BCUT2D eigenvalue weighted by Crippen LogP contribution is -2.09. The van der Waals surface area contributed by atoms with Crippen LogP contribution in [0.25, 0.3) is 0 Å². The lowest BCUT2D eigenvalue weighted by molar-refractivity contribution is -0.144. The summed E-state index contributed by atoms with van der Waals surface area (Å²) in [6, 6.07) is 13.3. The molecule has 0 aliphatic carbocycles. The van der Waals surface area contributed by atoms with Crippen molar-refractivity contribution in [1.82, 2.24) is 0 Å². The highest BCUT2D eigenvalue weighted by atomic mass is 16.5. The second kappa shape index (κ2) is 6.24. The minimum Gasteiger partial charge on any atom is -0.461 e. The summed E-state index contributed by atoms with van der Waals surface area (Å²) in [7, 11) is 0. The zero-order valence-corrected chi connectivity index (χ0v) is 11.8. The SMILES string of the molecule is Cc1cccc(C)c1COC(=O)Cc1cccc(N)c1. The maximum atomic E-state index is 11.9. The van der Waals surface area contributed by atoms with Gasteiger partial charge in [-0.3, -0.25) is 4.79 Å². The minimum atomic E-state index is -0.238. The number of ether oxygens (including phenoxy) is 1. The molecule has 2 N–H and O–H groups in total. The summed E-state index contributed by atoms with van der Waals surface area (Å²) in [6.45, 7) is 4.36. The van der Waals surface area contributed by atoms with Crippen LogP contribution in [0.2, 0.25) is 0 Å². The lowest BCUT2D eigenvalue weighted by Gasteiger charge is -2.10. The van der Waals surface area contributed by atoms with Gasteiger partial charge >= 0.3 is 5.97 Å². The van der Waals surface area contributed by atoms with Crippen LogP contribution in [0.3, 0.4) is 0 Å². The van der Waals surface area contributed by atoms with Gasteiger partial charge in [0.2, 0.25) is 0 Å². The Kier molecular flexibility index (Phi) is 4.41. The molecule has 2 rings (SSSR count). The van der Waals surface area contributed by atoms with E-state index in [0.29, 0.717) is 12.3 Å². The van der Waals surface area contributed by atoms with Gasteiger partial charge in [0.1, 0.15) is 6.61 Å². The molecule has 3 nitrogen and oxygen atoms in total. The maximum absolute atomic E-state index is 11.9. The molecule has 0 saturated carbocycles. The van der Waals surface area contributed by atoms with Crippen molar-refractivity contribution in [3.05, 3.63) is 64.7 Å². The van der Waals surface area contributed by atoms with E-state index in [-0.39, 0.29) is 12.4 Å². The number of anilines is 1. The first-order valence-corrected chi connectivity index (χ1v) is 6.61. The Morgan fingerprint density at radius 3 is 2.40 bits per heavy atom. The number of hydrogen-bond acceptors (Lipinski definition) is 3. The molecule has 0 aromatic heterocycles. The zero-order valence-electron chi connectivity index (χ0n) is 11.8. The van der Waals surface area contributed by atoms with Crippen LogP contribution in [0.15, 0.2) is 42.5 Å². The largest absolute Gasteiger partial charge is 0.461 e. The van der Waals surface area contributed by atoms with Gasteiger partial charge in [0, 0.05) is 5.69 Å². The Balaban J connectivity index is 1.96. The van der Waals surface area contributed by atoms with Crippen LogP contribution in [-0.2, 0) is 22.6 Å². The highest BCUT2D eigenvalue weighted by Gasteiger charge is 2.08. The molecule has 0 amide bonds. The fraction of sp³-hybridized carbons (Fsp3) is 0.235. The summed E-state index contributed by atoms with van der Waals surface area (Å²) in [5, 5.41) is 0. The molecule has 0 spiro atoms. The smallest absolute Gasteiger partial charge is 0.310 e. The monoisotopic (exact) mass is 269 g/mol. The Hall–Kier alpha value is -2.29. The van der Waals surface area contributed by atoms with Crippen molar-refractivity contribution in [2.75, 3.05) is 5.73 Å². The molecule has 104 valence electrons. The molecule has 0 fully saturated rings. The normalized spacial score (nSPS) is 10.3. The average molecular weight is 269 g/mol. The van der Waals surface area contributed by atoms with Crippen molar-refractivity contribution in [2.45, 2.75) is 26.9 Å². The lowest BCUT2D eigenvalue weighted by atomic mass is 10.0. The van der Waals surface area contributed by atoms with Gasteiger partial charge in [-0.2, -0.15) is 0 Å². The highest BCUT2D eigenvalue weighted by molar-refractivity contribution is 5.73. The molecule has 2 aromatic rings. The second-order valence-electron chi connectivity index (χ2n) is 4.95. The summed E-state index contributed by atoms with van der Waals surface area (Å²) >= 11 is 0. The van der Waals surface area contributed by atoms with Crippen LogP contribution in [0.4, 0.5) is 5.69 Å². The van der Waals surface area contributed by atoms with Gasteiger partial charge < -0.3 is 10.5 Å². The van der Waals surface area contributed by atoms with Gasteiger partial charge in [-0.25, -0.2) is 0 Å². The zero-order chi connectivity index (χ0) is 14.5. The summed E-state index contributed by atoms with van der Waals surface area (Å²) in [5.41, 5.74) is 10.6. The second-order valence-corrected chi connectivity index (χ2v) is 4.95. The van der Waals surface area contributed by atoms with Gasteiger partial charge in [0.15, 0.2) is 0 Å². The predicted molar refractivity (Wildman–Crippen MR) is 80.3 cm³/mol. The van der Waals surface area contributed by atoms with E-state index in [0.717, 1.165) is 22.3 Å². The van der Waals surface area contributed by atoms with E-state index in [4.69, 9.17) is 10.5 Å². The molecule has 0 heterocycles. The quantitative estimate of drug-likeness (QED) is 0.685. The van der Waals surface area contributed by atoms with E-state index in [1.807, 2.05) is 44.2 Å². The molecule has 0 radical (unpaired) electrons. The van der Waals surface area contributed by atoms with Gasteiger partial charge in [-0.15, -0.1) is 0 Å². The number of nitrogen functional groups attached to an aromatic ring is 1. The third kappa shape index (κ3) is 3.60. The topological polar surface area (TPSA) is 52.3 Å². The van der Waals surface area contributed by atoms with E-state index < -0.39 is 0 Å². The fourth-order valence-electron chi connectivity index (χ4n) is 2.15. The van der Waals surface area contributed by atoms with Gasteiger partial charge in [0.05, 0.1) is 6.42 Å². The summed E-state index contributed by atoms with van der Waals surface area (Å²) in [6.07, 6.45) is 0.246.